The highest BCUT2D eigenvalue weighted by Crippen LogP contribution is 2.19. The van der Waals surface area contributed by atoms with Crippen molar-refractivity contribution in [2.75, 3.05) is 35.3 Å². The van der Waals surface area contributed by atoms with Crippen molar-refractivity contribution < 1.29 is 28.8 Å². The van der Waals surface area contributed by atoms with Gasteiger partial charge >= 0.3 is 6.03 Å². The van der Waals surface area contributed by atoms with Crippen LogP contribution in [0, 0.1) is 5.82 Å². The first-order chi connectivity index (χ1) is 17.3. The summed E-state index contributed by atoms with van der Waals surface area (Å²) in [7, 11) is 1.41. The molecule has 0 heterocycles. The van der Waals surface area contributed by atoms with Gasteiger partial charge in [-0.25, -0.2) is 14.7 Å². The van der Waals surface area contributed by atoms with Crippen LogP contribution in [-0.4, -0.2) is 49.1 Å². The standard InChI is InChI=1S/C25H24FN5O5/c1-30(21-13-6-5-12-20(21)26)23(33)16-31(19-10-3-2-4-11-19)22(32)15-27-25(35)28-18-9-7-8-17(14-18)24(34)29-36/h2-14,36H,15-16H2,1H3,(H,29,34)(H2,27,28,35). The summed E-state index contributed by atoms with van der Waals surface area (Å²) in [6, 6.07) is 19.2. The number of urea groups is 1. The van der Waals surface area contributed by atoms with Gasteiger partial charge in [0.25, 0.3) is 5.91 Å². The molecule has 10 nitrogen and oxygen atoms in total. The summed E-state index contributed by atoms with van der Waals surface area (Å²) in [5.41, 5.74) is 2.35. The van der Waals surface area contributed by atoms with Gasteiger partial charge in [-0.05, 0) is 42.5 Å². The van der Waals surface area contributed by atoms with Crippen molar-refractivity contribution in [3.8, 4) is 0 Å². The number of halogens is 1. The molecule has 3 rings (SSSR count). The minimum atomic E-state index is -0.752. The second kappa shape index (κ2) is 12.1. The number of anilines is 3. The Balaban J connectivity index is 1.67. The Morgan fingerprint density at radius 1 is 0.889 bits per heavy atom. The lowest BCUT2D eigenvalue weighted by atomic mass is 10.2. The van der Waals surface area contributed by atoms with E-state index in [2.05, 4.69) is 10.6 Å². The molecule has 0 unspecified atom stereocenters. The lowest BCUT2D eigenvalue weighted by Crippen LogP contribution is -2.46. The van der Waals surface area contributed by atoms with Crippen molar-refractivity contribution in [3.63, 3.8) is 0 Å². The van der Waals surface area contributed by atoms with Crippen molar-refractivity contribution in [2.45, 2.75) is 0 Å². The Morgan fingerprint density at radius 2 is 1.58 bits per heavy atom. The van der Waals surface area contributed by atoms with Gasteiger partial charge in [0, 0.05) is 24.0 Å². The summed E-state index contributed by atoms with van der Waals surface area (Å²) in [5.74, 6) is -2.46. The highest BCUT2D eigenvalue weighted by Gasteiger charge is 2.23. The highest BCUT2D eigenvalue weighted by atomic mass is 19.1. The van der Waals surface area contributed by atoms with Crippen molar-refractivity contribution >= 4 is 40.8 Å². The maximum atomic E-state index is 14.1. The van der Waals surface area contributed by atoms with Gasteiger partial charge in [-0.3, -0.25) is 19.6 Å². The second-order valence-corrected chi connectivity index (χ2v) is 7.55. The number of carbonyl (C=O) groups excluding carboxylic acids is 4. The number of hydroxylamine groups is 1. The topological polar surface area (TPSA) is 131 Å². The average molecular weight is 493 g/mol. The van der Waals surface area contributed by atoms with Crippen LogP contribution >= 0.6 is 0 Å². The van der Waals surface area contributed by atoms with Crippen LogP contribution in [0.1, 0.15) is 10.4 Å². The lowest BCUT2D eigenvalue weighted by molar-refractivity contribution is -0.121. The Labute approximate surface area is 206 Å². The molecule has 0 atom stereocenters. The third-order valence-corrected chi connectivity index (χ3v) is 5.13. The van der Waals surface area contributed by atoms with Crippen LogP contribution in [0.4, 0.5) is 26.2 Å². The molecule has 3 aromatic rings. The molecule has 0 bridgehead atoms. The van der Waals surface area contributed by atoms with Gasteiger partial charge in [-0.2, -0.15) is 0 Å². The Hall–Kier alpha value is -4.77. The molecule has 0 aromatic heterocycles. The highest BCUT2D eigenvalue weighted by molar-refractivity contribution is 6.05. The van der Waals surface area contributed by atoms with Crippen molar-refractivity contribution in [1.82, 2.24) is 10.8 Å². The first kappa shape index (κ1) is 25.8. The summed E-state index contributed by atoms with van der Waals surface area (Å²) in [5, 5.41) is 13.6. The zero-order valence-electron chi connectivity index (χ0n) is 19.3. The predicted octanol–water partition coefficient (Wildman–Crippen LogP) is 2.76. The number of nitrogens with one attached hydrogen (secondary N) is 3. The smallest absolute Gasteiger partial charge is 0.319 e. The van der Waals surface area contributed by atoms with Gasteiger partial charge in [0.05, 0.1) is 12.2 Å². The van der Waals surface area contributed by atoms with Crippen LogP contribution in [-0.2, 0) is 9.59 Å². The number of carbonyl (C=O) groups is 4. The summed E-state index contributed by atoms with van der Waals surface area (Å²) in [4.78, 5) is 52.0. The normalized spacial score (nSPS) is 10.2. The summed E-state index contributed by atoms with van der Waals surface area (Å²) >= 11 is 0. The molecule has 3 aromatic carbocycles. The van der Waals surface area contributed by atoms with E-state index in [4.69, 9.17) is 5.21 Å². The molecule has 0 saturated heterocycles. The van der Waals surface area contributed by atoms with Crippen molar-refractivity contribution in [2.24, 2.45) is 0 Å². The van der Waals surface area contributed by atoms with Crippen LogP contribution in [0.15, 0.2) is 78.9 Å². The van der Waals surface area contributed by atoms with Gasteiger partial charge in [0.2, 0.25) is 11.8 Å². The van der Waals surface area contributed by atoms with Crippen LogP contribution < -0.4 is 25.9 Å². The molecule has 0 fully saturated rings. The minimum Gasteiger partial charge on any atom is -0.329 e. The maximum Gasteiger partial charge on any atom is 0.319 e. The van der Waals surface area contributed by atoms with E-state index in [0.717, 1.165) is 4.90 Å². The molecule has 5 amide bonds. The van der Waals surface area contributed by atoms with E-state index >= 15 is 0 Å². The fourth-order valence-corrected chi connectivity index (χ4v) is 3.26. The predicted molar refractivity (Wildman–Crippen MR) is 131 cm³/mol. The Morgan fingerprint density at radius 3 is 2.28 bits per heavy atom. The van der Waals surface area contributed by atoms with Gasteiger partial charge < -0.3 is 20.4 Å². The molecule has 0 saturated carbocycles. The second-order valence-electron chi connectivity index (χ2n) is 7.55. The molecule has 0 spiro atoms. The number of rotatable bonds is 8. The number of hydrogen-bond donors (Lipinski definition) is 4. The maximum absolute atomic E-state index is 14.1. The molecule has 36 heavy (non-hydrogen) atoms. The number of para-hydroxylation sites is 2. The van der Waals surface area contributed by atoms with Crippen LogP contribution in [0.3, 0.4) is 0 Å². The fraction of sp³-hybridized carbons (Fsp3) is 0.120. The molecular formula is C25H24FN5O5. The van der Waals surface area contributed by atoms with Crippen molar-refractivity contribution in [3.05, 3.63) is 90.2 Å². The van der Waals surface area contributed by atoms with E-state index in [1.54, 1.807) is 36.4 Å². The molecule has 0 aliphatic heterocycles. The van der Waals surface area contributed by atoms with E-state index in [-0.39, 0.29) is 16.9 Å². The molecule has 0 radical (unpaired) electrons. The zero-order valence-corrected chi connectivity index (χ0v) is 19.3. The van der Waals surface area contributed by atoms with Gasteiger partial charge in [-0.15, -0.1) is 0 Å². The number of amides is 5. The first-order valence-electron chi connectivity index (χ1n) is 10.8. The SMILES string of the molecule is CN(C(=O)CN(C(=O)CNC(=O)Nc1cccc(C(=O)NO)c1)c1ccccc1)c1ccccc1F. The van der Waals surface area contributed by atoms with Gasteiger partial charge in [0.15, 0.2) is 0 Å². The van der Waals surface area contributed by atoms with Gasteiger partial charge in [-0.1, -0.05) is 36.4 Å². The van der Waals surface area contributed by atoms with E-state index in [9.17, 15) is 23.6 Å². The number of nitrogens with zero attached hydrogens (tertiary/aromatic N) is 2. The quantitative estimate of drug-likeness (QED) is 0.283. The monoisotopic (exact) mass is 493 g/mol. The van der Waals surface area contributed by atoms with E-state index in [1.807, 2.05) is 0 Å². The molecule has 11 heteroatoms. The van der Waals surface area contributed by atoms with Crippen LogP contribution in [0.5, 0.6) is 0 Å². The van der Waals surface area contributed by atoms with E-state index < -0.39 is 42.7 Å². The number of likely N-dealkylation sites (N-methyl/N-ethyl adjacent to an activating group) is 1. The fourth-order valence-electron chi connectivity index (χ4n) is 3.26. The van der Waals surface area contributed by atoms with E-state index in [1.165, 1.54) is 59.9 Å². The van der Waals surface area contributed by atoms with E-state index in [0.29, 0.717) is 5.69 Å². The summed E-state index contributed by atoms with van der Waals surface area (Å²) in [6.07, 6.45) is 0. The lowest BCUT2D eigenvalue weighted by Gasteiger charge is -2.26. The number of hydrogen-bond acceptors (Lipinski definition) is 5. The third kappa shape index (κ3) is 6.64. The Kier molecular flexibility index (Phi) is 8.68. The Bertz CT molecular complexity index is 1250. The molecule has 4 N–H and O–H groups in total. The molecule has 0 aliphatic rings. The minimum absolute atomic E-state index is 0.0672. The summed E-state index contributed by atoms with van der Waals surface area (Å²) in [6.45, 7) is -0.844. The third-order valence-electron chi connectivity index (χ3n) is 5.13. The van der Waals surface area contributed by atoms with Gasteiger partial charge in [0.1, 0.15) is 12.4 Å². The summed E-state index contributed by atoms with van der Waals surface area (Å²) < 4.78 is 14.1. The average Bonchev–Trinajstić information content (AvgIpc) is 2.90. The van der Waals surface area contributed by atoms with Crippen LogP contribution in [0.2, 0.25) is 0 Å². The zero-order chi connectivity index (χ0) is 26.1. The van der Waals surface area contributed by atoms with Crippen LogP contribution in [0.25, 0.3) is 0 Å². The molecule has 0 aliphatic carbocycles. The van der Waals surface area contributed by atoms with Crippen molar-refractivity contribution in [1.29, 1.82) is 0 Å². The number of benzene rings is 3. The first-order valence-corrected chi connectivity index (χ1v) is 10.8. The molecular weight excluding hydrogens is 469 g/mol. The largest absolute Gasteiger partial charge is 0.329 e. The molecule has 186 valence electrons.